The van der Waals surface area contributed by atoms with Crippen molar-refractivity contribution in [2.24, 2.45) is 0 Å². The predicted octanol–water partition coefficient (Wildman–Crippen LogP) is 5.51. The minimum absolute atomic E-state index is 0.0621. The van der Waals surface area contributed by atoms with Gasteiger partial charge < -0.3 is 9.64 Å². The van der Waals surface area contributed by atoms with E-state index in [1.165, 1.54) is 17.3 Å². The van der Waals surface area contributed by atoms with Crippen LogP contribution in [0.2, 0.25) is 0 Å². The van der Waals surface area contributed by atoms with Gasteiger partial charge in [0.05, 0.1) is 12.9 Å². The molecule has 0 atom stereocenters. The lowest BCUT2D eigenvalue weighted by atomic mass is 9.83. The van der Waals surface area contributed by atoms with Gasteiger partial charge in [0.2, 0.25) is 0 Å². The van der Waals surface area contributed by atoms with E-state index < -0.39 is 0 Å². The lowest BCUT2D eigenvalue weighted by Gasteiger charge is -2.23. The number of ether oxygens (including phenoxy) is 1. The lowest BCUT2D eigenvalue weighted by Crippen LogP contribution is -2.24. The minimum Gasteiger partial charge on any atom is -0.497 e. The number of ketones is 1. The molecule has 2 heterocycles. The minimum atomic E-state index is -0.217. The predicted molar refractivity (Wildman–Crippen MR) is 134 cm³/mol. The number of fused-ring (bicyclic) bond motifs is 1. The molecule has 0 radical (unpaired) electrons. The van der Waals surface area contributed by atoms with E-state index in [-0.39, 0.29) is 17.2 Å². The normalized spacial score (nSPS) is 15.8. The van der Waals surface area contributed by atoms with Crippen LogP contribution in [0, 0.1) is 0 Å². The topological polar surface area (TPSA) is 60.3 Å². The van der Waals surface area contributed by atoms with Crippen LogP contribution in [0.1, 0.15) is 39.3 Å². The Labute approximate surface area is 199 Å². The number of hydrogen-bond donors (Lipinski definition) is 0. The molecule has 2 aromatic carbocycles. The Morgan fingerprint density at radius 1 is 1.12 bits per heavy atom. The van der Waals surface area contributed by atoms with Crippen LogP contribution in [0.25, 0.3) is 11.4 Å². The lowest BCUT2D eigenvalue weighted by molar-refractivity contribution is -0.112. The zero-order chi connectivity index (χ0) is 23.8. The summed E-state index contributed by atoms with van der Waals surface area (Å²) in [6.07, 6.45) is 1.79. The molecule has 3 aromatic rings. The Kier molecular flexibility index (Phi) is 6.34. The molecule has 0 amide bonds. The zero-order valence-electron chi connectivity index (χ0n) is 20.0. The largest absolute Gasteiger partial charge is 0.497 e. The molecule has 1 aromatic heterocycles. The first-order valence-corrected chi connectivity index (χ1v) is 12.0. The first kappa shape index (κ1) is 23.1. The number of rotatable bonds is 7. The molecule has 0 aliphatic carbocycles. The van der Waals surface area contributed by atoms with Gasteiger partial charge in [0.1, 0.15) is 5.75 Å². The highest BCUT2D eigenvalue weighted by molar-refractivity contribution is 7.99. The number of hydrogen-bond acceptors (Lipinski definition) is 6. The summed E-state index contributed by atoms with van der Waals surface area (Å²) in [6, 6.07) is 16.2. The fourth-order valence-electron chi connectivity index (χ4n) is 4.37. The van der Waals surface area contributed by atoms with Gasteiger partial charge in [0.25, 0.3) is 0 Å². The summed E-state index contributed by atoms with van der Waals surface area (Å²) < 4.78 is 7.33. The van der Waals surface area contributed by atoms with Crippen LogP contribution in [0.3, 0.4) is 0 Å². The van der Waals surface area contributed by atoms with Crippen LogP contribution in [-0.4, -0.2) is 40.5 Å². The Balaban J connectivity index is 1.54. The van der Waals surface area contributed by atoms with Crippen LogP contribution >= 0.6 is 11.8 Å². The van der Waals surface area contributed by atoms with Gasteiger partial charge in [0.15, 0.2) is 16.8 Å². The molecule has 0 bridgehead atoms. The molecule has 0 fully saturated rings. The van der Waals surface area contributed by atoms with Gasteiger partial charge in [-0.15, -0.1) is 10.2 Å². The number of benzene rings is 2. The van der Waals surface area contributed by atoms with E-state index in [2.05, 4.69) is 59.5 Å². The van der Waals surface area contributed by atoms with Crippen LogP contribution in [-0.2, 0) is 10.2 Å². The number of likely N-dealkylation sites (N-methyl/N-ethyl adjacent to an activating group) is 1. The number of carbonyl (C=O) groups is 1. The van der Waals surface area contributed by atoms with E-state index in [0.717, 1.165) is 33.7 Å². The first-order valence-electron chi connectivity index (χ1n) is 11.0. The molecule has 0 spiro atoms. The van der Waals surface area contributed by atoms with Gasteiger partial charge in [-0.25, -0.2) is 0 Å². The van der Waals surface area contributed by atoms with Gasteiger partial charge in [-0.2, -0.15) is 0 Å². The fourth-order valence-corrected chi connectivity index (χ4v) is 5.26. The van der Waals surface area contributed by atoms with Crippen molar-refractivity contribution in [1.29, 1.82) is 0 Å². The van der Waals surface area contributed by atoms with Crippen molar-refractivity contribution in [3.63, 3.8) is 0 Å². The number of nitrogens with zero attached hydrogens (tertiary/aromatic N) is 4. The van der Waals surface area contributed by atoms with Crippen LogP contribution < -0.4 is 9.64 Å². The summed E-state index contributed by atoms with van der Waals surface area (Å²) in [7, 11) is 3.67. The second-order valence-corrected chi connectivity index (χ2v) is 9.93. The molecule has 6 nitrogen and oxygen atoms in total. The number of carbonyl (C=O) groups excluding carboxylic acids is 1. The van der Waals surface area contributed by atoms with E-state index >= 15 is 0 Å². The third-order valence-corrected chi connectivity index (χ3v) is 7.08. The van der Waals surface area contributed by atoms with Crippen molar-refractivity contribution in [3.8, 4) is 17.1 Å². The van der Waals surface area contributed by atoms with Gasteiger partial charge >= 0.3 is 0 Å². The summed E-state index contributed by atoms with van der Waals surface area (Å²) in [5, 5.41) is 9.56. The summed E-state index contributed by atoms with van der Waals surface area (Å²) >= 11 is 1.43. The third-order valence-electron chi connectivity index (χ3n) is 6.11. The number of methoxy groups -OCH3 is 1. The van der Waals surface area contributed by atoms with E-state index in [1.54, 1.807) is 13.2 Å². The summed E-state index contributed by atoms with van der Waals surface area (Å²) in [4.78, 5) is 15.1. The van der Waals surface area contributed by atoms with Crippen molar-refractivity contribution in [3.05, 3.63) is 65.9 Å². The molecular formula is C26H30N4O2S. The standard InChI is InChI=1S/C26H30N4O2S/c1-17(2)30-24(18-11-13-20(32-6)14-12-18)27-28-25(30)33-16-19(31)15-23-26(3,4)21-9-7-8-10-22(21)29(23)5/h7-15,17H,16H2,1-6H3. The van der Waals surface area contributed by atoms with E-state index in [4.69, 9.17) is 4.74 Å². The van der Waals surface area contributed by atoms with Crippen molar-refractivity contribution in [1.82, 2.24) is 14.8 Å². The highest BCUT2D eigenvalue weighted by Gasteiger charge is 2.38. The quantitative estimate of drug-likeness (QED) is 0.341. The summed E-state index contributed by atoms with van der Waals surface area (Å²) in [5.74, 6) is 1.95. The number of allylic oxidation sites excluding steroid dienone is 2. The number of thioether (sulfide) groups is 1. The van der Waals surface area contributed by atoms with Gasteiger partial charge in [-0.3, -0.25) is 9.36 Å². The highest BCUT2D eigenvalue weighted by atomic mass is 32.2. The molecule has 0 saturated carbocycles. The fraction of sp³-hybridized carbons (Fsp3) is 0.346. The van der Waals surface area contributed by atoms with E-state index in [9.17, 15) is 4.79 Å². The van der Waals surface area contributed by atoms with Crippen molar-refractivity contribution in [2.45, 2.75) is 44.3 Å². The molecule has 0 N–H and O–H groups in total. The summed E-state index contributed by atoms with van der Waals surface area (Å²) in [5.41, 5.74) is 4.15. The SMILES string of the molecule is COc1ccc(-c2nnc(SCC(=O)C=C3N(C)c4ccccc4C3(C)C)n2C(C)C)cc1. The smallest absolute Gasteiger partial charge is 0.192 e. The second-order valence-electron chi connectivity index (χ2n) is 8.98. The average molecular weight is 463 g/mol. The number of aromatic nitrogens is 3. The van der Waals surface area contributed by atoms with Crippen LogP contribution in [0.15, 0.2) is 65.5 Å². The second kappa shape index (κ2) is 9.06. The van der Waals surface area contributed by atoms with E-state index in [0.29, 0.717) is 5.75 Å². The molecule has 1 aliphatic rings. The maximum Gasteiger partial charge on any atom is 0.192 e. The molecule has 1 aliphatic heterocycles. The molecular weight excluding hydrogens is 432 g/mol. The van der Waals surface area contributed by atoms with Crippen molar-refractivity contribution >= 4 is 23.2 Å². The molecule has 33 heavy (non-hydrogen) atoms. The van der Waals surface area contributed by atoms with Crippen molar-refractivity contribution in [2.75, 3.05) is 24.8 Å². The molecule has 0 unspecified atom stereocenters. The summed E-state index contributed by atoms with van der Waals surface area (Å²) in [6.45, 7) is 8.52. The maximum atomic E-state index is 13.0. The molecule has 4 rings (SSSR count). The Hall–Kier alpha value is -3.06. The maximum absolute atomic E-state index is 13.0. The Bertz CT molecular complexity index is 1200. The number of anilines is 1. The van der Waals surface area contributed by atoms with Crippen molar-refractivity contribution < 1.29 is 9.53 Å². The Morgan fingerprint density at radius 2 is 1.82 bits per heavy atom. The van der Waals surface area contributed by atoms with Crippen LogP contribution in [0.4, 0.5) is 5.69 Å². The highest BCUT2D eigenvalue weighted by Crippen LogP contribution is 2.46. The van der Waals surface area contributed by atoms with Gasteiger partial charge in [-0.05, 0) is 49.7 Å². The van der Waals surface area contributed by atoms with Gasteiger partial charge in [0, 0.05) is 41.5 Å². The van der Waals surface area contributed by atoms with Crippen LogP contribution in [0.5, 0.6) is 5.75 Å². The zero-order valence-corrected chi connectivity index (χ0v) is 20.8. The Morgan fingerprint density at radius 3 is 2.45 bits per heavy atom. The molecule has 172 valence electrons. The van der Waals surface area contributed by atoms with Gasteiger partial charge in [-0.1, -0.05) is 43.8 Å². The monoisotopic (exact) mass is 462 g/mol. The molecule has 0 saturated heterocycles. The number of para-hydroxylation sites is 1. The average Bonchev–Trinajstić information content (AvgIpc) is 3.32. The molecule has 7 heteroatoms. The van der Waals surface area contributed by atoms with E-state index in [1.807, 2.05) is 43.4 Å². The first-order chi connectivity index (χ1) is 15.7. The third kappa shape index (κ3) is 4.29.